The van der Waals surface area contributed by atoms with Gasteiger partial charge in [0.15, 0.2) is 18.1 Å². The maximum Gasteiger partial charge on any atom is 0.303 e. The fourth-order valence-electron chi connectivity index (χ4n) is 3.34. The fraction of sp³-hybridized carbons (Fsp3) is 0.455. The molecule has 0 radical (unpaired) electrons. The standard InChI is InChI=1S/C22H25BrN2O7S2/c1-2-31-16-11-14(12-17-21(29)25(22(33)34-17)5-3-4-19(27)28)10-15(23)20(16)32-13-18(26)24-6-8-30-9-7-24/h10-12H,2-9,13H2,1H3,(H,27,28)/b17-12+. The molecule has 34 heavy (non-hydrogen) atoms. The summed E-state index contributed by atoms with van der Waals surface area (Å²) in [5.41, 5.74) is 0.688. The normalized spacial score (nSPS) is 17.4. The van der Waals surface area contributed by atoms with E-state index in [0.29, 0.717) is 70.1 Å². The van der Waals surface area contributed by atoms with Crippen molar-refractivity contribution >= 4 is 68.1 Å². The van der Waals surface area contributed by atoms with Crippen LogP contribution in [-0.2, 0) is 19.1 Å². The summed E-state index contributed by atoms with van der Waals surface area (Å²) in [6.45, 7) is 4.45. The fourth-order valence-corrected chi connectivity index (χ4v) is 5.23. The molecule has 2 amide bonds. The van der Waals surface area contributed by atoms with Gasteiger partial charge in [-0.25, -0.2) is 0 Å². The number of thiocarbonyl (C=S) groups is 1. The maximum atomic E-state index is 12.8. The summed E-state index contributed by atoms with van der Waals surface area (Å²) >= 11 is 9.95. The van der Waals surface area contributed by atoms with Gasteiger partial charge in [0.2, 0.25) is 0 Å². The van der Waals surface area contributed by atoms with Gasteiger partial charge in [0.1, 0.15) is 4.32 Å². The minimum absolute atomic E-state index is 0.0315. The van der Waals surface area contributed by atoms with Crippen molar-refractivity contribution < 1.29 is 33.7 Å². The van der Waals surface area contributed by atoms with Gasteiger partial charge in [-0.3, -0.25) is 19.3 Å². The van der Waals surface area contributed by atoms with E-state index in [4.69, 9.17) is 31.5 Å². The minimum atomic E-state index is -0.914. The number of benzene rings is 1. The molecular weight excluding hydrogens is 548 g/mol. The van der Waals surface area contributed by atoms with E-state index in [-0.39, 0.29) is 31.4 Å². The van der Waals surface area contributed by atoms with Crippen molar-refractivity contribution in [1.29, 1.82) is 0 Å². The zero-order chi connectivity index (χ0) is 24.7. The Morgan fingerprint density at radius 1 is 1.29 bits per heavy atom. The number of rotatable bonds is 10. The second-order valence-corrected chi connectivity index (χ2v) is 9.91. The van der Waals surface area contributed by atoms with Gasteiger partial charge in [0, 0.05) is 26.1 Å². The SMILES string of the molecule is CCOc1cc(/C=C2/SC(=S)N(CCCC(=O)O)C2=O)cc(Br)c1OCC(=O)N1CCOCC1. The first-order valence-electron chi connectivity index (χ1n) is 10.7. The van der Waals surface area contributed by atoms with Crippen molar-refractivity contribution in [3.8, 4) is 11.5 Å². The summed E-state index contributed by atoms with van der Waals surface area (Å²) in [4.78, 5) is 39.5. The van der Waals surface area contributed by atoms with E-state index in [1.54, 1.807) is 23.1 Å². The van der Waals surface area contributed by atoms with E-state index >= 15 is 0 Å². The van der Waals surface area contributed by atoms with E-state index in [1.807, 2.05) is 6.92 Å². The highest BCUT2D eigenvalue weighted by atomic mass is 79.9. The summed E-state index contributed by atoms with van der Waals surface area (Å²) in [5, 5.41) is 8.81. The molecule has 12 heteroatoms. The van der Waals surface area contributed by atoms with Crippen molar-refractivity contribution in [1.82, 2.24) is 9.80 Å². The van der Waals surface area contributed by atoms with Gasteiger partial charge in [0.05, 0.1) is 29.2 Å². The molecule has 0 unspecified atom stereocenters. The monoisotopic (exact) mass is 572 g/mol. The van der Waals surface area contributed by atoms with Gasteiger partial charge in [0.25, 0.3) is 11.8 Å². The largest absolute Gasteiger partial charge is 0.490 e. The molecule has 2 fully saturated rings. The van der Waals surface area contributed by atoms with Gasteiger partial charge in [-0.15, -0.1) is 0 Å². The lowest BCUT2D eigenvalue weighted by atomic mass is 10.1. The van der Waals surface area contributed by atoms with Crippen LogP contribution in [0.3, 0.4) is 0 Å². The first kappa shape index (κ1) is 26.5. The molecule has 0 atom stereocenters. The third-order valence-corrected chi connectivity index (χ3v) is 6.95. The van der Waals surface area contributed by atoms with Crippen LogP contribution in [0.25, 0.3) is 6.08 Å². The van der Waals surface area contributed by atoms with Crippen LogP contribution in [0, 0.1) is 0 Å². The van der Waals surface area contributed by atoms with Crippen LogP contribution in [0.4, 0.5) is 0 Å². The van der Waals surface area contributed by atoms with Crippen LogP contribution in [0.15, 0.2) is 21.5 Å². The Balaban J connectivity index is 1.73. The molecule has 184 valence electrons. The number of morpholine rings is 1. The topological polar surface area (TPSA) is 106 Å². The predicted octanol–water partition coefficient (Wildman–Crippen LogP) is 3.15. The zero-order valence-corrected chi connectivity index (χ0v) is 21.8. The molecule has 1 aromatic carbocycles. The summed E-state index contributed by atoms with van der Waals surface area (Å²) in [5.74, 6) is -0.459. The van der Waals surface area contributed by atoms with E-state index in [2.05, 4.69) is 15.9 Å². The van der Waals surface area contributed by atoms with Crippen LogP contribution < -0.4 is 9.47 Å². The number of aliphatic carboxylic acids is 1. The van der Waals surface area contributed by atoms with Gasteiger partial charge in [-0.05, 0) is 53.0 Å². The lowest BCUT2D eigenvalue weighted by molar-refractivity contribution is -0.138. The van der Waals surface area contributed by atoms with Crippen LogP contribution >= 0.6 is 39.9 Å². The second-order valence-electron chi connectivity index (χ2n) is 7.38. The average Bonchev–Trinajstić information content (AvgIpc) is 3.06. The Morgan fingerprint density at radius 3 is 2.71 bits per heavy atom. The molecular formula is C22H25BrN2O7S2. The number of carboxylic acid groups (broad SMARTS) is 1. The molecule has 3 rings (SSSR count). The number of carbonyl (C=O) groups excluding carboxylic acids is 2. The molecule has 2 aliphatic rings. The Hall–Kier alpha value is -2.15. The Labute approximate surface area is 215 Å². The van der Waals surface area contributed by atoms with Crippen LogP contribution in [0.1, 0.15) is 25.3 Å². The third-order valence-electron chi connectivity index (χ3n) is 4.98. The molecule has 0 bridgehead atoms. The van der Waals surface area contributed by atoms with Gasteiger partial charge >= 0.3 is 5.97 Å². The molecule has 0 aromatic heterocycles. The highest BCUT2D eigenvalue weighted by Gasteiger charge is 2.32. The molecule has 2 heterocycles. The van der Waals surface area contributed by atoms with Crippen LogP contribution in [0.2, 0.25) is 0 Å². The predicted molar refractivity (Wildman–Crippen MR) is 135 cm³/mol. The van der Waals surface area contributed by atoms with Crippen molar-refractivity contribution in [2.24, 2.45) is 0 Å². The first-order chi connectivity index (χ1) is 16.3. The number of carbonyl (C=O) groups is 3. The Bertz CT molecular complexity index is 996. The number of hydrogen-bond donors (Lipinski definition) is 1. The number of ether oxygens (including phenoxy) is 3. The summed E-state index contributed by atoms with van der Waals surface area (Å²) in [7, 11) is 0. The Morgan fingerprint density at radius 2 is 2.03 bits per heavy atom. The average molecular weight is 573 g/mol. The number of amides is 2. The van der Waals surface area contributed by atoms with Gasteiger partial charge in [-0.1, -0.05) is 24.0 Å². The van der Waals surface area contributed by atoms with Crippen molar-refractivity contribution in [3.63, 3.8) is 0 Å². The molecule has 0 saturated carbocycles. The smallest absolute Gasteiger partial charge is 0.303 e. The van der Waals surface area contributed by atoms with Crippen LogP contribution in [-0.4, -0.2) is 83.1 Å². The van der Waals surface area contributed by atoms with Crippen LogP contribution in [0.5, 0.6) is 11.5 Å². The molecule has 2 saturated heterocycles. The highest BCUT2D eigenvalue weighted by molar-refractivity contribution is 9.10. The lowest BCUT2D eigenvalue weighted by Gasteiger charge is -2.27. The number of nitrogens with zero attached hydrogens (tertiary/aromatic N) is 2. The van der Waals surface area contributed by atoms with E-state index in [0.717, 1.165) is 0 Å². The number of carboxylic acids is 1. The van der Waals surface area contributed by atoms with E-state index in [1.165, 1.54) is 16.7 Å². The van der Waals surface area contributed by atoms with E-state index < -0.39 is 5.97 Å². The summed E-state index contributed by atoms with van der Waals surface area (Å²) in [6, 6.07) is 3.51. The highest BCUT2D eigenvalue weighted by Crippen LogP contribution is 2.39. The minimum Gasteiger partial charge on any atom is -0.490 e. The maximum absolute atomic E-state index is 12.8. The zero-order valence-electron chi connectivity index (χ0n) is 18.6. The van der Waals surface area contributed by atoms with Gasteiger partial charge < -0.3 is 24.2 Å². The first-order valence-corrected chi connectivity index (χ1v) is 12.7. The van der Waals surface area contributed by atoms with E-state index in [9.17, 15) is 14.4 Å². The molecule has 1 aromatic rings. The molecule has 0 aliphatic carbocycles. The number of halogens is 1. The third kappa shape index (κ3) is 6.94. The molecule has 2 aliphatic heterocycles. The van der Waals surface area contributed by atoms with Crippen molar-refractivity contribution in [2.45, 2.75) is 19.8 Å². The molecule has 1 N–H and O–H groups in total. The summed E-state index contributed by atoms with van der Waals surface area (Å²) < 4.78 is 17.8. The Kier molecular flexibility index (Phi) is 9.74. The second kappa shape index (κ2) is 12.5. The van der Waals surface area contributed by atoms with Gasteiger partial charge in [-0.2, -0.15) is 0 Å². The number of thioether (sulfide) groups is 1. The summed E-state index contributed by atoms with van der Waals surface area (Å²) in [6.07, 6.45) is 1.99. The number of hydrogen-bond acceptors (Lipinski definition) is 8. The molecule has 0 spiro atoms. The molecule has 9 nitrogen and oxygen atoms in total. The quantitative estimate of drug-likeness (QED) is 0.334. The lowest BCUT2D eigenvalue weighted by Crippen LogP contribution is -2.43. The van der Waals surface area contributed by atoms with Crippen molar-refractivity contribution in [2.75, 3.05) is 46.1 Å². The van der Waals surface area contributed by atoms with Crippen molar-refractivity contribution in [3.05, 3.63) is 27.1 Å².